The van der Waals surface area contributed by atoms with Gasteiger partial charge in [0.15, 0.2) is 0 Å². The molecule has 2 aromatic rings. The number of nitrogen functional groups attached to an aromatic ring is 1. The second-order valence-electron chi connectivity index (χ2n) is 4.12. The van der Waals surface area contributed by atoms with E-state index in [4.69, 9.17) is 10.2 Å². The van der Waals surface area contributed by atoms with E-state index in [-0.39, 0.29) is 0 Å². The summed E-state index contributed by atoms with van der Waals surface area (Å²) >= 11 is 3.52. The molecule has 0 amide bonds. The molecule has 0 fully saturated rings. The summed E-state index contributed by atoms with van der Waals surface area (Å²) in [5.41, 5.74) is 8.99. The summed E-state index contributed by atoms with van der Waals surface area (Å²) in [5, 5.41) is 0. The van der Waals surface area contributed by atoms with E-state index < -0.39 is 0 Å². The van der Waals surface area contributed by atoms with Crippen LogP contribution in [0.5, 0.6) is 0 Å². The monoisotopic (exact) mass is 294 g/mol. The van der Waals surface area contributed by atoms with Gasteiger partial charge >= 0.3 is 0 Å². The van der Waals surface area contributed by atoms with E-state index in [2.05, 4.69) is 33.9 Å². The third kappa shape index (κ3) is 3.11. The Morgan fingerprint density at radius 2 is 2.12 bits per heavy atom. The van der Waals surface area contributed by atoms with Crippen LogP contribution >= 0.6 is 15.9 Å². The molecule has 1 heterocycles. The topological polar surface area (TPSA) is 42.4 Å². The summed E-state index contributed by atoms with van der Waals surface area (Å²) in [7, 11) is 2.07. The van der Waals surface area contributed by atoms with Crippen molar-refractivity contribution in [2.45, 2.75) is 13.1 Å². The predicted molar refractivity (Wildman–Crippen MR) is 72.4 cm³/mol. The first-order chi connectivity index (χ1) is 8.16. The molecule has 1 aromatic carbocycles. The van der Waals surface area contributed by atoms with Crippen LogP contribution in [0.25, 0.3) is 0 Å². The Kier molecular flexibility index (Phi) is 3.86. The van der Waals surface area contributed by atoms with Crippen LogP contribution < -0.4 is 5.73 Å². The summed E-state index contributed by atoms with van der Waals surface area (Å²) in [6.07, 6.45) is 3.46. The molecule has 0 saturated heterocycles. The zero-order chi connectivity index (χ0) is 12.3. The first-order valence-electron chi connectivity index (χ1n) is 5.39. The highest BCUT2D eigenvalue weighted by atomic mass is 79.9. The van der Waals surface area contributed by atoms with Crippen LogP contribution in [-0.2, 0) is 13.1 Å². The van der Waals surface area contributed by atoms with Crippen molar-refractivity contribution in [3.8, 4) is 0 Å². The molecule has 0 aliphatic heterocycles. The van der Waals surface area contributed by atoms with Crippen LogP contribution in [0.2, 0.25) is 0 Å². The first-order valence-corrected chi connectivity index (χ1v) is 6.18. The lowest BCUT2D eigenvalue weighted by Crippen LogP contribution is -2.17. The summed E-state index contributed by atoms with van der Waals surface area (Å²) < 4.78 is 6.04. The minimum absolute atomic E-state index is 0.777. The van der Waals surface area contributed by atoms with Crippen LogP contribution in [0.4, 0.5) is 5.69 Å². The van der Waals surface area contributed by atoms with E-state index >= 15 is 0 Å². The van der Waals surface area contributed by atoms with Gasteiger partial charge in [-0.25, -0.2) is 0 Å². The lowest BCUT2D eigenvalue weighted by atomic mass is 10.2. The molecule has 0 saturated carbocycles. The Hall–Kier alpha value is -1.26. The summed E-state index contributed by atoms with van der Waals surface area (Å²) in [5.74, 6) is 0. The predicted octanol–water partition coefficient (Wildman–Crippen LogP) is 3.26. The van der Waals surface area contributed by atoms with Gasteiger partial charge in [-0.1, -0.05) is 12.1 Å². The fraction of sp³-hybridized carbons (Fsp3) is 0.231. The van der Waals surface area contributed by atoms with Crippen molar-refractivity contribution < 1.29 is 4.42 Å². The van der Waals surface area contributed by atoms with E-state index in [1.54, 1.807) is 12.5 Å². The van der Waals surface area contributed by atoms with Gasteiger partial charge in [0, 0.05) is 28.8 Å². The molecule has 0 unspecified atom stereocenters. The third-order valence-electron chi connectivity index (χ3n) is 2.58. The van der Waals surface area contributed by atoms with E-state index in [0.717, 1.165) is 23.2 Å². The number of nitrogens with zero attached hydrogens (tertiary/aromatic N) is 1. The number of hydrogen-bond donors (Lipinski definition) is 1. The Morgan fingerprint density at radius 3 is 2.82 bits per heavy atom. The van der Waals surface area contributed by atoms with Gasteiger partial charge in [-0.15, -0.1) is 0 Å². The van der Waals surface area contributed by atoms with Crippen molar-refractivity contribution in [1.82, 2.24) is 4.90 Å². The minimum atomic E-state index is 0.777. The van der Waals surface area contributed by atoms with Crippen molar-refractivity contribution in [2.75, 3.05) is 12.8 Å². The molecule has 2 rings (SSSR count). The number of anilines is 1. The van der Waals surface area contributed by atoms with Crippen LogP contribution in [0.15, 0.2) is 45.7 Å². The number of hydrogen-bond acceptors (Lipinski definition) is 3. The molecule has 3 nitrogen and oxygen atoms in total. The lowest BCUT2D eigenvalue weighted by molar-refractivity contribution is 0.317. The summed E-state index contributed by atoms with van der Waals surface area (Å²) in [6, 6.07) is 7.92. The van der Waals surface area contributed by atoms with Crippen LogP contribution in [0.1, 0.15) is 11.1 Å². The van der Waals surface area contributed by atoms with E-state index in [1.807, 2.05) is 18.2 Å². The molecular formula is C13H15BrN2O. The summed E-state index contributed by atoms with van der Waals surface area (Å²) in [6.45, 7) is 1.70. The SMILES string of the molecule is CN(Cc1ccoc1)Cc1cccc(N)c1Br. The minimum Gasteiger partial charge on any atom is -0.472 e. The number of furan rings is 1. The molecule has 4 heteroatoms. The smallest absolute Gasteiger partial charge is 0.0947 e. The molecule has 0 radical (unpaired) electrons. The average Bonchev–Trinajstić information content (AvgIpc) is 2.77. The fourth-order valence-electron chi connectivity index (χ4n) is 1.76. The maximum atomic E-state index is 5.85. The van der Waals surface area contributed by atoms with E-state index in [9.17, 15) is 0 Å². The second kappa shape index (κ2) is 5.38. The largest absolute Gasteiger partial charge is 0.472 e. The van der Waals surface area contributed by atoms with Crippen molar-refractivity contribution in [1.29, 1.82) is 0 Å². The molecule has 1 aromatic heterocycles. The Morgan fingerprint density at radius 1 is 1.29 bits per heavy atom. The van der Waals surface area contributed by atoms with Gasteiger partial charge in [-0.2, -0.15) is 0 Å². The molecule has 2 N–H and O–H groups in total. The highest BCUT2D eigenvalue weighted by molar-refractivity contribution is 9.10. The average molecular weight is 295 g/mol. The Bertz CT molecular complexity index is 482. The second-order valence-corrected chi connectivity index (χ2v) is 4.92. The molecule has 0 bridgehead atoms. The van der Waals surface area contributed by atoms with Gasteiger partial charge in [-0.05, 0) is 40.7 Å². The Balaban J connectivity index is 2.03. The van der Waals surface area contributed by atoms with Crippen LogP contribution in [0.3, 0.4) is 0 Å². The van der Waals surface area contributed by atoms with E-state index in [0.29, 0.717) is 0 Å². The van der Waals surface area contributed by atoms with Gasteiger partial charge in [0.2, 0.25) is 0 Å². The third-order valence-corrected chi connectivity index (χ3v) is 3.55. The van der Waals surface area contributed by atoms with Crippen molar-refractivity contribution >= 4 is 21.6 Å². The van der Waals surface area contributed by atoms with Gasteiger partial charge in [0.1, 0.15) is 0 Å². The molecule has 0 aliphatic carbocycles. The summed E-state index contributed by atoms with van der Waals surface area (Å²) in [4.78, 5) is 2.21. The van der Waals surface area contributed by atoms with Crippen LogP contribution in [-0.4, -0.2) is 11.9 Å². The number of rotatable bonds is 4. The first kappa shape index (κ1) is 12.2. The van der Waals surface area contributed by atoms with Gasteiger partial charge in [0.25, 0.3) is 0 Å². The zero-order valence-corrected chi connectivity index (χ0v) is 11.3. The fourth-order valence-corrected chi connectivity index (χ4v) is 2.15. The molecular weight excluding hydrogens is 280 g/mol. The number of benzene rings is 1. The highest BCUT2D eigenvalue weighted by Gasteiger charge is 2.07. The van der Waals surface area contributed by atoms with Gasteiger partial charge in [0.05, 0.1) is 12.5 Å². The maximum absolute atomic E-state index is 5.85. The van der Waals surface area contributed by atoms with Crippen LogP contribution in [0, 0.1) is 0 Å². The van der Waals surface area contributed by atoms with E-state index in [1.165, 1.54) is 11.1 Å². The highest BCUT2D eigenvalue weighted by Crippen LogP contribution is 2.24. The van der Waals surface area contributed by atoms with Crippen molar-refractivity contribution in [3.05, 3.63) is 52.4 Å². The van der Waals surface area contributed by atoms with Gasteiger partial charge in [-0.3, -0.25) is 4.90 Å². The number of nitrogens with two attached hydrogens (primary N) is 1. The number of halogens is 1. The maximum Gasteiger partial charge on any atom is 0.0947 e. The van der Waals surface area contributed by atoms with Crippen molar-refractivity contribution in [3.63, 3.8) is 0 Å². The lowest BCUT2D eigenvalue weighted by Gasteiger charge is -2.17. The molecule has 17 heavy (non-hydrogen) atoms. The zero-order valence-electron chi connectivity index (χ0n) is 9.69. The molecule has 90 valence electrons. The Labute approximate surface area is 109 Å². The van der Waals surface area contributed by atoms with Gasteiger partial charge < -0.3 is 10.2 Å². The molecule has 0 atom stereocenters. The normalized spacial score (nSPS) is 11.0. The molecule has 0 spiro atoms. The molecule has 0 aliphatic rings. The standard InChI is InChI=1S/C13H15BrN2O/c1-16(7-10-5-6-17-9-10)8-11-3-2-4-12(15)13(11)14/h2-6,9H,7-8,15H2,1H3. The quantitative estimate of drug-likeness (QED) is 0.880. The van der Waals surface area contributed by atoms with Crippen molar-refractivity contribution in [2.24, 2.45) is 0 Å².